The number of rotatable bonds is 4. The van der Waals surface area contributed by atoms with Crippen LogP contribution in [0.2, 0.25) is 0 Å². The van der Waals surface area contributed by atoms with Crippen molar-refractivity contribution in [1.82, 2.24) is 4.90 Å². The topological polar surface area (TPSA) is 63.7 Å². The highest BCUT2D eigenvalue weighted by Crippen LogP contribution is 2.44. The number of esters is 1. The fraction of sp³-hybridized carbons (Fsp3) is 0.333. The van der Waals surface area contributed by atoms with Crippen molar-refractivity contribution in [2.24, 2.45) is 0 Å². The zero-order valence-electron chi connectivity index (χ0n) is 15.2. The number of benzene rings is 2. The first-order valence-electron chi connectivity index (χ1n) is 8.93. The standard InChI is InChI=1S/C21H21NO4S/c1-21(2)19(22-16(23)13-17(22)27(21)25)20(24)26-18(14-9-5-3-6-10-14)15-11-7-4-8-12-15/h3-12,17-19H,13H2,1-2H3/t17?,19-,27?/m0/s1. The second-order valence-corrected chi connectivity index (χ2v) is 9.59. The molecule has 0 saturated carbocycles. The van der Waals surface area contributed by atoms with Gasteiger partial charge in [0.15, 0.2) is 6.10 Å². The van der Waals surface area contributed by atoms with E-state index in [2.05, 4.69) is 0 Å². The van der Waals surface area contributed by atoms with E-state index in [0.717, 1.165) is 11.1 Å². The van der Waals surface area contributed by atoms with Crippen molar-refractivity contribution >= 4 is 22.7 Å². The summed E-state index contributed by atoms with van der Waals surface area (Å²) in [5, 5.41) is -0.378. The van der Waals surface area contributed by atoms with Crippen LogP contribution in [0.4, 0.5) is 0 Å². The maximum Gasteiger partial charge on any atom is 0.331 e. The summed E-state index contributed by atoms with van der Waals surface area (Å²) >= 11 is 0. The molecule has 2 aliphatic heterocycles. The van der Waals surface area contributed by atoms with Gasteiger partial charge in [-0.1, -0.05) is 60.7 Å². The molecule has 140 valence electrons. The molecule has 0 aromatic heterocycles. The molecule has 0 spiro atoms. The Kier molecular flexibility index (Phi) is 4.38. The third kappa shape index (κ3) is 2.88. The van der Waals surface area contributed by atoms with Gasteiger partial charge >= 0.3 is 5.97 Å². The number of ether oxygens (including phenoxy) is 1. The molecule has 5 nitrogen and oxygen atoms in total. The number of carbonyl (C=O) groups is 2. The highest BCUT2D eigenvalue weighted by atomic mass is 32.2. The summed E-state index contributed by atoms with van der Waals surface area (Å²) < 4.78 is 17.8. The molecule has 0 aliphatic carbocycles. The second kappa shape index (κ2) is 6.60. The molecule has 27 heavy (non-hydrogen) atoms. The number of fused-ring (bicyclic) bond motifs is 1. The largest absolute Gasteiger partial charge is 0.451 e. The number of amides is 1. The van der Waals surface area contributed by atoms with Crippen LogP contribution in [-0.2, 0) is 25.1 Å². The van der Waals surface area contributed by atoms with Crippen molar-refractivity contribution in [1.29, 1.82) is 0 Å². The van der Waals surface area contributed by atoms with Gasteiger partial charge in [0.1, 0.15) is 11.4 Å². The normalized spacial score (nSPS) is 25.8. The van der Waals surface area contributed by atoms with E-state index in [0.29, 0.717) is 0 Å². The minimum atomic E-state index is -1.29. The van der Waals surface area contributed by atoms with Gasteiger partial charge in [-0.25, -0.2) is 4.79 Å². The lowest BCUT2D eigenvalue weighted by atomic mass is 9.97. The Balaban J connectivity index is 1.66. The second-order valence-electron chi connectivity index (χ2n) is 7.40. The molecular weight excluding hydrogens is 362 g/mol. The number of nitrogens with zero attached hydrogens (tertiary/aromatic N) is 1. The van der Waals surface area contributed by atoms with E-state index in [1.165, 1.54) is 4.90 Å². The van der Waals surface area contributed by atoms with Crippen molar-refractivity contribution in [3.8, 4) is 0 Å². The van der Waals surface area contributed by atoms with E-state index < -0.39 is 33.7 Å². The average Bonchev–Trinajstić information content (AvgIpc) is 2.84. The highest BCUT2D eigenvalue weighted by molar-refractivity contribution is 7.87. The molecule has 2 aliphatic rings. The lowest BCUT2D eigenvalue weighted by molar-refractivity contribution is -0.164. The van der Waals surface area contributed by atoms with E-state index in [1.807, 2.05) is 60.7 Å². The van der Waals surface area contributed by atoms with E-state index in [-0.39, 0.29) is 17.7 Å². The van der Waals surface area contributed by atoms with Crippen LogP contribution in [0.5, 0.6) is 0 Å². The van der Waals surface area contributed by atoms with Crippen LogP contribution in [0, 0.1) is 0 Å². The van der Waals surface area contributed by atoms with Crippen molar-refractivity contribution in [3.63, 3.8) is 0 Å². The first-order valence-corrected chi connectivity index (χ1v) is 10.1. The van der Waals surface area contributed by atoms with Gasteiger partial charge < -0.3 is 9.64 Å². The zero-order valence-corrected chi connectivity index (χ0v) is 16.0. The van der Waals surface area contributed by atoms with Crippen molar-refractivity contribution in [2.75, 3.05) is 0 Å². The summed E-state index contributed by atoms with van der Waals surface area (Å²) in [6.45, 7) is 3.53. The predicted molar refractivity (Wildman–Crippen MR) is 102 cm³/mol. The molecular formula is C21H21NO4S. The first kappa shape index (κ1) is 17.9. The summed E-state index contributed by atoms with van der Waals surface area (Å²) in [5.74, 6) is -0.654. The molecule has 6 heteroatoms. The Morgan fingerprint density at radius 1 is 1.07 bits per heavy atom. The molecule has 2 heterocycles. The Morgan fingerprint density at radius 3 is 2.07 bits per heavy atom. The molecule has 3 atom stereocenters. The monoisotopic (exact) mass is 383 g/mol. The van der Waals surface area contributed by atoms with Gasteiger partial charge in [0.25, 0.3) is 0 Å². The van der Waals surface area contributed by atoms with Crippen LogP contribution in [0.3, 0.4) is 0 Å². The minimum Gasteiger partial charge on any atom is -0.451 e. The number of hydrogen-bond acceptors (Lipinski definition) is 4. The molecule has 2 aromatic carbocycles. The lowest BCUT2D eigenvalue weighted by Gasteiger charge is -2.37. The molecule has 4 rings (SSSR count). The highest BCUT2D eigenvalue weighted by Gasteiger charge is 2.63. The SMILES string of the molecule is CC1(C)[C@H](C(=O)OC(c2ccccc2)c2ccccc2)N2C(=O)CC2S1=O. The molecule has 2 unspecified atom stereocenters. The first-order chi connectivity index (χ1) is 12.9. The number of β-lactam (4-membered cyclic amide) rings is 1. The lowest BCUT2D eigenvalue weighted by Crippen LogP contribution is -2.57. The Morgan fingerprint density at radius 2 is 1.59 bits per heavy atom. The predicted octanol–water partition coefficient (Wildman–Crippen LogP) is 2.79. The summed E-state index contributed by atoms with van der Waals surface area (Å²) in [7, 11) is -1.29. The van der Waals surface area contributed by atoms with Gasteiger partial charge in [0, 0.05) is 0 Å². The molecule has 2 aromatic rings. The van der Waals surface area contributed by atoms with Crippen molar-refractivity contribution in [3.05, 3.63) is 71.8 Å². The Hall–Kier alpha value is -2.47. The van der Waals surface area contributed by atoms with Gasteiger partial charge in [0.05, 0.1) is 22.0 Å². The van der Waals surface area contributed by atoms with Gasteiger partial charge in [-0.3, -0.25) is 9.00 Å². The quantitative estimate of drug-likeness (QED) is 0.602. The summed E-state index contributed by atoms with van der Waals surface area (Å²) in [4.78, 5) is 26.7. The molecule has 2 saturated heterocycles. The summed E-state index contributed by atoms with van der Waals surface area (Å²) in [6.07, 6.45) is -0.347. The van der Waals surface area contributed by atoms with Crippen molar-refractivity contribution in [2.45, 2.75) is 42.5 Å². The van der Waals surface area contributed by atoms with Crippen LogP contribution in [0.25, 0.3) is 0 Å². The van der Waals surface area contributed by atoms with Crippen LogP contribution < -0.4 is 0 Å². The van der Waals surface area contributed by atoms with Crippen molar-refractivity contribution < 1.29 is 18.5 Å². The van der Waals surface area contributed by atoms with E-state index >= 15 is 0 Å². The third-order valence-electron chi connectivity index (χ3n) is 5.31. The van der Waals surface area contributed by atoms with Crippen LogP contribution >= 0.6 is 0 Å². The fourth-order valence-corrected chi connectivity index (χ4v) is 5.72. The molecule has 2 fully saturated rings. The van der Waals surface area contributed by atoms with Crippen LogP contribution in [0.15, 0.2) is 60.7 Å². The van der Waals surface area contributed by atoms with Gasteiger partial charge in [-0.2, -0.15) is 0 Å². The fourth-order valence-electron chi connectivity index (χ4n) is 3.85. The van der Waals surface area contributed by atoms with Crippen LogP contribution in [0.1, 0.15) is 37.5 Å². The third-order valence-corrected chi connectivity index (χ3v) is 7.46. The number of hydrogen-bond donors (Lipinski definition) is 0. The molecule has 1 amide bonds. The van der Waals surface area contributed by atoms with Gasteiger partial charge in [0.2, 0.25) is 5.91 Å². The molecule has 0 N–H and O–H groups in total. The van der Waals surface area contributed by atoms with E-state index in [1.54, 1.807) is 13.8 Å². The zero-order chi connectivity index (χ0) is 19.2. The van der Waals surface area contributed by atoms with E-state index in [9.17, 15) is 13.8 Å². The smallest absolute Gasteiger partial charge is 0.331 e. The Labute approximate surface area is 160 Å². The summed E-state index contributed by atoms with van der Waals surface area (Å²) in [5.41, 5.74) is 1.70. The molecule has 0 bridgehead atoms. The minimum absolute atomic E-state index is 0.142. The summed E-state index contributed by atoms with van der Waals surface area (Å²) in [6, 6.07) is 18.2. The maximum absolute atomic E-state index is 13.1. The maximum atomic E-state index is 13.1. The molecule has 0 radical (unpaired) electrons. The van der Waals surface area contributed by atoms with E-state index in [4.69, 9.17) is 4.74 Å². The van der Waals surface area contributed by atoms with Crippen LogP contribution in [-0.4, -0.2) is 37.1 Å². The van der Waals surface area contributed by atoms with Gasteiger partial charge in [-0.15, -0.1) is 0 Å². The number of carbonyl (C=O) groups excluding carboxylic acids is 2. The average molecular weight is 383 g/mol. The Bertz CT molecular complexity index is 857. The van der Waals surface area contributed by atoms with Gasteiger partial charge in [-0.05, 0) is 25.0 Å².